The smallest absolute Gasteiger partial charge is 0.168 e. The van der Waals surface area contributed by atoms with Crippen LogP contribution in [-0.4, -0.2) is 6.21 Å². The van der Waals surface area contributed by atoms with Crippen LogP contribution in [0.25, 0.3) is 29.0 Å². The number of nitrogens with two attached hydrogens (primary N) is 1. The molecule has 186 valence electrons. The van der Waals surface area contributed by atoms with Gasteiger partial charge in [-0.3, -0.25) is 4.99 Å². The Kier molecular flexibility index (Phi) is 9.46. The molecule has 0 atom stereocenters. The van der Waals surface area contributed by atoms with Crippen molar-refractivity contribution in [2.45, 2.75) is 39.5 Å². The van der Waals surface area contributed by atoms with Crippen LogP contribution >= 0.6 is 0 Å². The van der Waals surface area contributed by atoms with Crippen LogP contribution in [0.4, 0.5) is 13.2 Å². The average Bonchev–Trinajstić information content (AvgIpc) is 2.89. The molecule has 36 heavy (non-hydrogen) atoms. The van der Waals surface area contributed by atoms with Gasteiger partial charge in [0.1, 0.15) is 5.82 Å². The van der Waals surface area contributed by atoms with E-state index in [-0.39, 0.29) is 22.6 Å². The SMILES string of the molecule is C=C(N=C/C(=C\N)CC)c1ccc(/C=C/c2ccc(-c3ccc(CCCC)c(F)c3)cc2)c(F)c1F. The van der Waals surface area contributed by atoms with Gasteiger partial charge in [0.05, 0.1) is 5.70 Å². The van der Waals surface area contributed by atoms with E-state index in [0.29, 0.717) is 6.42 Å². The second-order valence-electron chi connectivity index (χ2n) is 8.50. The predicted molar refractivity (Wildman–Crippen MR) is 146 cm³/mol. The molecule has 3 rings (SSSR count). The lowest BCUT2D eigenvalue weighted by Gasteiger charge is -2.07. The minimum Gasteiger partial charge on any atom is -0.404 e. The number of allylic oxidation sites excluding steroid dienone is 1. The monoisotopic (exact) mass is 488 g/mol. The van der Waals surface area contributed by atoms with E-state index in [1.54, 1.807) is 12.1 Å². The van der Waals surface area contributed by atoms with Gasteiger partial charge in [-0.15, -0.1) is 0 Å². The molecule has 0 amide bonds. The summed E-state index contributed by atoms with van der Waals surface area (Å²) in [5, 5.41) is 0. The molecule has 0 bridgehead atoms. The summed E-state index contributed by atoms with van der Waals surface area (Å²) in [6.45, 7) is 7.73. The molecule has 0 radical (unpaired) electrons. The lowest BCUT2D eigenvalue weighted by atomic mass is 10.00. The first-order valence-electron chi connectivity index (χ1n) is 12.1. The van der Waals surface area contributed by atoms with Crippen LogP contribution in [0.1, 0.15) is 55.4 Å². The van der Waals surface area contributed by atoms with Crippen molar-refractivity contribution in [1.29, 1.82) is 0 Å². The molecule has 0 heterocycles. The second-order valence-corrected chi connectivity index (χ2v) is 8.50. The standard InChI is InChI=1S/C31H31F3N2/c1-4-6-7-25-14-15-27(18-29(25)32)24-11-8-23(9-12-24)10-13-26-16-17-28(31(34)30(26)33)21(3)36-20-22(5-2)19-35/h8-20H,3-7,35H2,1-2H3/b13-10+,22-19-,36-20?. The summed E-state index contributed by atoms with van der Waals surface area (Å²) in [7, 11) is 0. The molecule has 0 aromatic heterocycles. The Morgan fingerprint density at radius 3 is 2.28 bits per heavy atom. The van der Waals surface area contributed by atoms with E-state index < -0.39 is 11.6 Å². The molecular formula is C31H31F3N2. The third-order valence-corrected chi connectivity index (χ3v) is 5.98. The van der Waals surface area contributed by atoms with Gasteiger partial charge in [-0.25, -0.2) is 13.2 Å². The van der Waals surface area contributed by atoms with Crippen LogP contribution in [0.15, 0.2) is 77.9 Å². The Labute approximate surface area is 211 Å². The first-order chi connectivity index (χ1) is 17.4. The number of hydrogen-bond donors (Lipinski definition) is 1. The summed E-state index contributed by atoms with van der Waals surface area (Å²) in [6.07, 6.45) is 9.49. The zero-order valence-electron chi connectivity index (χ0n) is 20.7. The number of rotatable bonds is 10. The van der Waals surface area contributed by atoms with E-state index in [4.69, 9.17) is 5.73 Å². The molecule has 3 aromatic carbocycles. The van der Waals surface area contributed by atoms with Crippen LogP contribution < -0.4 is 5.73 Å². The van der Waals surface area contributed by atoms with Crippen LogP contribution in [0, 0.1) is 17.5 Å². The van der Waals surface area contributed by atoms with Crippen molar-refractivity contribution in [2.75, 3.05) is 0 Å². The number of unbranched alkanes of at least 4 members (excludes halogenated alkanes) is 1. The fourth-order valence-electron chi connectivity index (χ4n) is 3.67. The van der Waals surface area contributed by atoms with Crippen molar-refractivity contribution in [1.82, 2.24) is 0 Å². The van der Waals surface area contributed by atoms with Gasteiger partial charge in [-0.2, -0.15) is 0 Å². The Balaban J connectivity index is 1.74. The molecule has 0 saturated carbocycles. The third kappa shape index (κ3) is 6.63. The number of benzene rings is 3. The molecule has 0 aliphatic carbocycles. The molecule has 0 saturated heterocycles. The van der Waals surface area contributed by atoms with E-state index in [2.05, 4.69) is 18.5 Å². The van der Waals surface area contributed by atoms with Gasteiger partial charge < -0.3 is 5.73 Å². The van der Waals surface area contributed by atoms with Crippen LogP contribution in [-0.2, 0) is 6.42 Å². The summed E-state index contributed by atoms with van der Waals surface area (Å²) in [5.74, 6) is -2.17. The summed E-state index contributed by atoms with van der Waals surface area (Å²) in [6, 6.07) is 15.7. The van der Waals surface area contributed by atoms with E-state index in [0.717, 1.165) is 47.1 Å². The Bertz CT molecular complexity index is 1300. The highest BCUT2D eigenvalue weighted by molar-refractivity contribution is 5.84. The number of halogens is 3. The zero-order chi connectivity index (χ0) is 26.1. The molecule has 0 spiro atoms. The highest BCUT2D eigenvalue weighted by Crippen LogP contribution is 2.26. The van der Waals surface area contributed by atoms with E-state index in [1.165, 1.54) is 30.6 Å². The van der Waals surface area contributed by atoms with Crippen LogP contribution in [0.3, 0.4) is 0 Å². The fraction of sp³-hybridized carbons (Fsp3) is 0.194. The maximum absolute atomic E-state index is 14.7. The van der Waals surface area contributed by atoms with Crippen molar-refractivity contribution in [3.63, 3.8) is 0 Å². The fourth-order valence-corrected chi connectivity index (χ4v) is 3.67. The predicted octanol–water partition coefficient (Wildman–Crippen LogP) is 8.58. The lowest BCUT2D eigenvalue weighted by molar-refractivity contribution is 0.504. The van der Waals surface area contributed by atoms with Crippen molar-refractivity contribution in [2.24, 2.45) is 10.7 Å². The Hall–Kier alpha value is -3.86. The Morgan fingerprint density at radius 2 is 1.64 bits per heavy atom. The number of hydrogen-bond acceptors (Lipinski definition) is 2. The number of nitrogens with zero attached hydrogens (tertiary/aromatic N) is 1. The summed E-state index contributed by atoms with van der Waals surface area (Å²) in [5.41, 5.74) is 9.67. The van der Waals surface area contributed by atoms with E-state index in [9.17, 15) is 13.2 Å². The van der Waals surface area contributed by atoms with Crippen molar-refractivity contribution in [3.8, 4) is 11.1 Å². The number of aliphatic imine (C=N–C) groups is 1. The van der Waals surface area contributed by atoms with Gasteiger partial charge >= 0.3 is 0 Å². The highest BCUT2D eigenvalue weighted by Gasteiger charge is 2.14. The van der Waals surface area contributed by atoms with Crippen LogP contribution in [0.2, 0.25) is 0 Å². The highest BCUT2D eigenvalue weighted by atomic mass is 19.2. The molecule has 3 aromatic rings. The third-order valence-electron chi connectivity index (χ3n) is 5.98. The lowest BCUT2D eigenvalue weighted by Crippen LogP contribution is -1.96. The van der Waals surface area contributed by atoms with Crippen molar-refractivity contribution in [3.05, 3.63) is 113 Å². The first-order valence-corrected chi connectivity index (χ1v) is 12.1. The maximum Gasteiger partial charge on any atom is 0.168 e. The minimum atomic E-state index is -1.01. The largest absolute Gasteiger partial charge is 0.404 e. The van der Waals surface area contributed by atoms with E-state index >= 15 is 0 Å². The van der Waals surface area contributed by atoms with Gasteiger partial charge in [0.25, 0.3) is 0 Å². The van der Waals surface area contributed by atoms with Gasteiger partial charge in [-0.05, 0) is 65.4 Å². The average molecular weight is 489 g/mol. The van der Waals surface area contributed by atoms with Crippen molar-refractivity contribution >= 4 is 24.1 Å². The Morgan fingerprint density at radius 1 is 0.917 bits per heavy atom. The quantitative estimate of drug-likeness (QED) is 0.225. The summed E-state index contributed by atoms with van der Waals surface area (Å²) < 4.78 is 43.8. The molecule has 5 heteroatoms. The van der Waals surface area contributed by atoms with E-state index in [1.807, 2.05) is 43.3 Å². The maximum atomic E-state index is 14.7. The summed E-state index contributed by atoms with van der Waals surface area (Å²) in [4.78, 5) is 4.10. The number of aryl methyl sites for hydroxylation is 1. The molecule has 0 unspecified atom stereocenters. The molecule has 0 aliphatic heterocycles. The van der Waals surface area contributed by atoms with Gasteiger partial charge in [-0.1, -0.05) is 81.5 Å². The van der Waals surface area contributed by atoms with Crippen molar-refractivity contribution < 1.29 is 13.2 Å². The van der Waals surface area contributed by atoms with Gasteiger partial charge in [0, 0.05) is 17.3 Å². The summed E-state index contributed by atoms with van der Waals surface area (Å²) >= 11 is 0. The topological polar surface area (TPSA) is 38.4 Å². The molecule has 2 nitrogen and oxygen atoms in total. The van der Waals surface area contributed by atoms with Gasteiger partial charge in [0.2, 0.25) is 0 Å². The molecule has 2 N–H and O–H groups in total. The first kappa shape index (κ1) is 26.7. The minimum absolute atomic E-state index is 0.00864. The molecule has 0 fully saturated rings. The molecule has 0 aliphatic rings. The molecular weight excluding hydrogens is 457 g/mol. The normalized spacial score (nSPS) is 12.1. The van der Waals surface area contributed by atoms with Gasteiger partial charge in [0.15, 0.2) is 11.6 Å². The zero-order valence-corrected chi connectivity index (χ0v) is 20.7. The second kappa shape index (κ2) is 12.7. The van der Waals surface area contributed by atoms with Crippen LogP contribution in [0.5, 0.6) is 0 Å².